The van der Waals surface area contributed by atoms with E-state index < -0.39 is 0 Å². The van der Waals surface area contributed by atoms with Crippen LogP contribution in [-0.4, -0.2) is 29.9 Å². The van der Waals surface area contributed by atoms with Crippen molar-refractivity contribution in [2.45, 2.75) is 20.3 Å². The van der Waals surface area contributed by atoms with E-state index in [9.17, 15) is 9.59 Å². The summed E-state index contributed by atoms with van der Waals surface area (Å²) in [5, 5.41) is 0. The third-order valence-corrected chi connectivity index (χ3v) is 4.86. The number of benzene rings is 1. The summed E-state index contributed by atoms with van der Waals surface area (Å²) in [7, 11) is 0. The van der Waals surface area contributed by atoms with Crippen LogP contribution in [0.2, 0.25) is 0 Å². The Morgan fingerprint density at radius 1 is 1.28 bits per heavy atom. The van der Waals surface area contributed by atoms with Gasteiger partial charge in [0.15, 0.2) is 0 Å². The molecule has 2 amide bonds. The van der Waals surface area contributed by atoms with Gasteiger partial charge in [-0.05, 0) is 54.0 Å². The van der Waals surface area contributed by atoms with Crippen LogP contribution >= 0.6 is 15.9 Å². The van der Waals surface area contributed by atoms with E-state index in [0.29, 0.717) is 18.9 Å². The zero-order valence-corrected chi connectivity index (χ0v) is 15.9. The van der Waals surface area contributed by atoms with Crippen molar-refractivity contribution in [3.63, 3.8) is 0 Å². The number of hydrogen-bond acceptors (Lipinski definition) is 3. The first-order chi connectivity index (χ1) is 12.0. The Hall–Kier alpha value is -2.21. The van der Waals surface area contributed by atoms with Crippen molar-refractivity contribution in [3.05, 3.63) is 52.6 Å². The van der Waals surface area contributed by atoms with Gasteiger partial charge in [0.05, 0.1) is 5.92 Å². The summed E-state index contributed by atoms with van der Waals surface area (Å²) in [4.78, 5) is 33.0. The Labute approximate surface area is 155 Å². The van der Waals surface area contributed by atoms with Gasteiger partial charge in [0.1, 0.15) is 5.82 Å². The van der Waals surface area contributed by atoms with E-state index in [1.165, 1.54) is 0 Å². The van der Waals surface area contributed by atoms with Crippen molar-refractivity contribution >= 4 is 39.2 Å². The average Bonchev–Trinajstić information content (AvgIpc) is 2.99. The second-order valence-corrected chi connectivity index (χ2v) is 7.07. The molecule has 2 aromatic rings. The maximum Gasteiger partial charge on any atom is 0.233 e. The van der Waals surface area contributed by atoms with Crippen LogP contribution in [0.5, 0.6) is 0 Å². The van der Waals surface area contributed by atoms with E-state index in [4.69, 9.17) is 0 Å². The minimum Gasteiger partial charge on any atom is -0.312 e. The smallest absolute Gasteiger partial charge is 0.233 e. The van der Waals surface area contributed by atoms with Gasteiger partial charge in [-0.1, -0.05) is 17.7 Å². The Morgan fingerprint density at radius 3 is 2.60 bits per heavy atom. The van der Waals surface area contributed by atoms with E-state index in [1.54, 1.807) is 22.1 Å². The number of rotatable bonds is 4. The number of aryl methyl sites for hydroxylation is 1. The number of amides is 2. The topological polar surface area (TPSA) is 53.5 Å². The Morgan fingerprint density at radius 2 is 2.00 bits per heavy atom. The third-order valence-electron chi connectivity index (χ3n) is 4.39. The molecule has 1 unspecified atom stereocenters. The molecule has 0 radical (unpaired) electrons. The van der Waals surface area contributed by atoms with Gasteiger partial charge < -0.3 is 4.90 Å². The Balaban J connectivity index is 1.77. The molecule has 0 saturated carbocycles. The summed E-state index contributed by atoms with van der Waals surface area (Å²) < 4.78 is 0.862. The molecule has 0 bridgehead atoms. The molecule has 130 valence electrons. The summed E-state index contributed by atoms with van der Waals surface area (Å²) in [5.41, 5.74) is 1.98. The highest BCUT2D eigenvalue weighted by molar-refractivity contribution is 9.10. The highest BCUT2D eigenvalue weighted by atomic mass is 79.9. The molecule has 25 heavy (non-hydrogen) atoms. The number of anilines is 2. The highest BCUT2D eigenvalue weighted by Gasteiger charge is 2.37. The van der Waals surface area contributed by atoms with E-state index in [1.807, 2.05) is 44.2 Å². The second kappa shape index (κ2) is 7.35. The van der Waals surface area contributed by atoms with Crippen LogP contribution < -0.4 is 9.80 Å². The molecule has 1 atom stereocenters. The number of carbonyl (C=O) groups excluding carboxylic acids is 2. The zero-order valence-electron chi connectivity index (χ0n) is 14.3. The normalized spacial score (nSPS) is 17.0. The van der Waals surface area contributed by atoms with Crippen molar-refractivity contribution < 1.29 is 9.59 Å². The molecular formula is C19H20BrN3O2. The van der Waals surface area contributed by atoms with Crippen LogP contribution in [0.15, 0.2) is 47.1 Å². The van der Waals surface area contributed by atoms with Gasteiger partial charge in [-0.2, -0.15) is 0 Å². The monoisotopic (exact) mass is 401 g/mol. The Kier molecular flexibility index (Phi) is 5.18. The first-order valence-corrected chi connectivity index (χ1v) is 9.09. The summed E-state index contributed by atoms with van der Waals surface area (Å²) in [6.45, 7) is 4.85. The molecule has 5 nitrogen and oxygen atoms in total. The number of hydrogen-bond donors (Lipinski definition) is 0. The van der Waals surface area contributed by atoms with Crippen molar-refractivity contribution in [1.82, 2.24) is 4.98 Å². The van der Waals surface area contributed by atoms with Crippen molar-refractivity contribution in [1.29, 1.82) is 0 Å². The van der Waals surface area contributed by atoms with E-state index >= 15 is 0 Å². The molecular weight excluding hydrogens is 382 g/mol. The number of halogens is 1. The lowest BCUT2D eigenvalue weighted by atomic mass is 10.1. The SMILES string of the molecule is CCN(C(=O)C1CC(=O)N(c2ccc(C)cc2)C1)c1ccc(Br)cn1. The molecule has 1 aromatic heterocycles. The predicted octanol–water partition coefficient (Wildman–Crippen LogP) is 3.56. The summed E-state index contributed by atoms with van der Waals surface area (Å²) in [5.74, 6) is 0.193. The fourth-order valence-electron chi connectivity index (χ4n) is 3.03. The predicted molar refractivity (Wildman–Crippen MR) is 102 cm³/mol. The molecule has 0 aliphatic carbocycles. The van der Waals surface area contributed by atoms with Crippen LogP contribution in [0, 0.1) is 12.8 Å². The molecule has 1 fully saturated rings. The molecule has 2 heterocycles. The van der Waals surface area contributed by atoms with Gasteiger partial charge in [-0.25, -0.2) is 4.98 Å². The summed E-state index contributed by atoms with van der Waals surface area (Å²) in [6, 6.07) is 11.5. The molecule has 1 aliphatic rings. The third kappa shape index (κ3) is 3.74. The molecule has 1 aliphatic heterocycles. The van der Waals surface area contributed by atoms with Gasteiger partial charge in [0.25, 0.3) is 0 Å². The first-order valence-electron chi connectivity index (χ1n) is 8.29. The van der Waals surface area contributed by atoms with Gasteiger partial charge in [-0.15, -0.1) is 0 Å². The standard InChI is InChI=1S/C19H20BrN3O2/c1-3-22(17-9-6-15(20)11-21-17)19(25)14-10-18(24)23(12-14)16-7-4-13(2)5-8-16/h4-9,11,14H,3,10,12H2,1-2H3. The average molecular weight is 402 g/mol. The lowest BCUT2D eigenvalue weighted by molar-refractivity contribution is -0.124. The molecule has 0 spiro atoms. The van der Waals surface area contributed by atoms with E-state index in [2.05, 4.69) is 20.9 Å². The second-order valence-electron chi connectivity index (χ2n) is 6.16. The van der Waals surface area contributed by atoms with Gasteiger partial charge in [0.2, 0.25) is 11.8 Å². The summed E-state index contributed by atoms with van der Waals surface area (Å²) >= 11 is 3.35. The Bertz CT molecular complexity index is 774. The number of pyridine rings is 1. The minimum atomic E-state index is -0.348. The van der Waals surface area contributed by atoms with Crippen molar-refractivity contribution in [2.24, 2.45) is 5.92 Å². The summed E-state index contributed by atoms with van der Waals surface area (Å²) in [6.07, 6.45) is 1.91. The number of aromatic nitrogens is 1. The maximum absolute atomic E-state index is 12.9. The van der Waals surface area contributed by atoms with Crippen LogP contribution in [0.1, 0.15) is 18.9 Å². The van der Waals surface area contributed by atoms with Crippen LogP contribution in [0.4, 0.5) is 11.5 Å². The number of nitrogens with zero attached hydrogens (tertiary/aromatic N) is 3. The van der Waals surface area contributed by atoms with Gasteiger partial charge >= 0.3 is 0 Å². The molecule has 0 N–H and O–H groups in total. The zero-order chi connectivity index (χ0) is 18.0. The van der Waals surface area contributed by atoms with Crippen LogP contribution in [0.3, 0.4) is 0 Å². The van der Waals surface area contributed by atoms with Crippen LogP contribution in [-0.2, 0) is 9.59 Å². The van der Waals surface area contributed by atoms with Crippen molar-refractivity contribution in [3.8, 4) is 0 Å². The van der Waals surface area contributed by atoms with Crippen LogP contribution in [0.25, 0.3) is 0 Å². The van der Waals surface area contributed by atoms with Crippen molar-refractivity contribution in [2.75, 3.05) is 22.9 Å². The largest absolute Gasteiger partial charge is 0.312 e. The lowest BCUT2D eigenvalue weighted by Gasteiger charge is -2.23. The highest BCUT2D eigenvalue weighted by Crippen LogP contribution is 2.28. The lowest BCUT2D eigenvalue weighted by Crippen LogP contribution is -2.38. The fraction of sp³-hybridized carbons (Fsp3) is 0.316. The van der Waals surface area contributed by atoms with E-state index in [-0.39, 0.29) is 24.2 Å². The first kappa shape index (κ1) is 17.6. The van der Waals surface area contributed by atoms with Gasteiger partial charge in [-0.3, -0.25) is 14.5 Å². The van der Waals surface area contributed by atoms with E-state index in [0.717, 1.165) is 15.7 Å². The quantitative estimate of drug-likeness (QED) is 0.786. The number of carbonyl (C=O) groups is 2. The molecule has 3 rings (SSSR count). The molecule has 6 heteroatoms. The van der Waals surface area contributed by atoms with Gasteiger partial charge in [0, 0.05) is 35.9 Å². The maximum atomic E-state index is 12.9. The minimum absolute atomic E-state index is 0.0120. The fourth-order valence-corrected chi connectivity index (χ4v) is 3.26. The molecule has 1 aromatic carbocycles. The molecule has 1 saturated heterocycles.